The molecular weight excluding hydrogens is 296 g/mol. The van der Waals surface area contributed by atoms with Gasteiger partial charge in [-0.3, -0.25) is 19.8 Å². The average Bonchev–Trinajstić information content (AvgIpc) is 2.47. The number of benzene rings is 1. The molecule has 8 nitrogen and oxygen atoms in total. The molecule has 0 bridgehead atoms. The van der Waals surface area contributed by atoms with Gasteiger partial charge < -0.3 is 5.32 Å². The highest BCUT2D eigenvalue weighted by Crippen LogP contribution is 2.28. The van der Waals surface area contributed by atoms with Crippen LogP contribution in [0.2, 0.25) is 0 Å². The number of nitrogens with one attached hydrogen (secondary N) is 2. The van der Waals surface area contributed by atoms with E-state index in [0.717, 1.165) is 6.07 Å². The van der Waals surface area contributed by atoms with Crippen molar-refractivity contribution in [3.63, 3.8) is 0 Å². The second-order valence-corrected chi connectivity index (χ2v) is 5.69. The van der Waals surface area contributed by atoms with Crippen LogP contribution in [-0.2, 0) is 10.0 Å². The van der Waals surface area contributed by atoms with Crippen molar-refractivity contribution in [2.45, 2.75) is 4.90 Å². The fraction of sp³-hybridized carbons (Fsp3) is 0.0833. The quantitative estimate of drug-likeness (QED) is 0.643. The van der Waals surface area contributed by atoms with Crippen LogP contribution in [0.4, 0.5) is 17.1 Å². The largest absolute Gasteiger partial charge is 0.388 e. The van der Waals surface area contributed by atoms with Gasteiger partial charge in [0, 0.05) is 25.0 Å². The number of hydrogen-bond acceptors (Lipinski definition) is 6. The van der Waals surface area contributed by atoms with Crippen molar-refractivity contribution in [3.05, 3.63) is 52.8 Å². The molecule has 0 fully saturated rings. The smallest absolute Gasteiger partial charge is 0.291 e. The second kappa shape index (κ2) is 5.75. The van der Waals surface area contributed by atoms with Gasteiger partial charge >= 0.3 is 0 Å². The van der Waals surface area contributed by atoms with Crippen LogP contribution in [0.5, 0.6) is 0 Å². The number of pyridine rings is 1. The molecule has 1 heterocycles. The van der Waals surface area contributed by atoms with Gasteiger partial charge in [-0.1, -0.05) is 0 Å². The first-order chi connectivity index (χ1) is 9.94. The molecule has 0 saturated heterocycles. The summed E-state index contributed by atoms with van der Waals surface area (Å²) in [6, 6.07) is 6.85. The summed E-state index contributed by atoms with van der Waals surface area (Å²) in [5.41, 5.74) is 0.171. The summed E-state index contributed by atoms with van der Waals surface area (Å²) in [4.78, 5) is 13.7. The number of aromatic nitrogens is 1. The Bertz CT molecular complexity index is 762. The number of anilines is 2. The number of hydrogen-bond donors (Lipinski definition) is 2. The lowest BCUT2D eigenvalue weighted by molar-refractivity contribution is -0.387. The average molecular weight is 308 g/mol. The van der Waals surface area contributed by atoms with Crippen LogP contribution in [0.25, 0.3) is 0 Å². The molecule has 0 aliphatic rings. The summed E-state index contributed by atoms with van der Waals surface area (Å²) in [6.45, 7) is 0. The predicted octanol–water partition coefficient (Wildman–Crippen LogP) is 1.83. The Hall–Kier alpha value is -2.68. The monoisotopic (exact) mass is 308 g/mol. The third-order valence-electron chi connectivity index (χ3n) is 2.65. The van der Waals surface area contributed by atoms with E-state index in [4.69, 9.17) is 0 Å². The third-order valence-corrected chi connectivity index (χ3v) is 4.08. The highest BCUT2D eigenvalue weighted by atomic mass is 32.2. The van der Waals surface area contributed by atoms with E-state index in [1.165, 1.54) is 30.6 Å². The first-order valence-electron chi connectivity index (χ1n) is 5.83. The summed E-state index contributed by atoms with van der Waals surface area (Å²) < 4.78 is 26.8. The zero-order valence-corrected chi connectivity index (χ0v) is 11.8. The van der Waals surface area contributed by atoms with Gasteiger partial charge in [0.05, 0.1) is 16.8 Å². The van der Waals surface area contributed by atoms with E-state index in [2.05, 4.69) is 15.0 Å². The number of nitro benzene ring substituents is 1. The summed E-state index contributed by atoms with van der Waals surface area (Å²) in [5, 5.41) is 13.8. The van der Waals surface area contributed by atoms with E-state index in [9.17, 15) is 18.5 Å². The van der Waals surface area contributed by atoms with Crippen LogP contribution in [0.15, 0.2) is 47.6 Å². The molecule has 0 aliphatic heterocycles. The number of nitro groups is 1. The molecule has 1 aromatic heterocycles. The number of nitrogens with zero attached hydrogens (tertiary/aromatic N) is 2. The topological polar surface area (TPSA) is 114 Å². The Labute approximate surface area is 121 Å². The summed E-state index contributed by atoms with van der Waals surface area (Å²) in [7, 11) is -2.49. The van der Waals surface area contributed by atoms with Crippen LogP contribution in [0, 0.1) is 10.1 Å². The maximum atomic E-state index is 12.3. The van der Waals surface area contributed by atoms with Crippen LogP contribution >= 0.6 is 0 Å². The van der Waals surface area contributed by atoms with Crippen molar-refractivity contribution in [1.29, 1.82) is 0 Å². The fourth-order valence-electron chi connectivity index (χ4n) is 1.68. The van der Waals surface area contributed by atoms with Crippen LogP contribution in [0.1, 0.15) is 0 Å². The van der Waals surface area contributed by atoms with Gasteiger partial charge in [-0.25, -0.2) is 8.42 Å². The molecule has 0 aliphatic carbocycles. The molecule has 0 atom stereocenters. The van der Waals surface area contributed by atoms with Gasteiger partial charge in [-0.05, 0) is 24.3 Å². The Morgan fingerprint density at radius 2 is 2.00 bits per heavy atom. The summed E-state index contributed by atoms with van der Waals surface area (Å²) >= 11 is 0. The first kappa shape index (κ1) is 14.7. The lowest BCUT2D eigenvalue weighted by Gasteiger charge is -2.09. The van der Waals surface area contributed by atoms with Gasteiger partial charge in [0.25, 0.3) is 15.7 Å². The van der Waals surface area contributed by atoms with Gasteiger partial charge in [-0.2, -0.15) is 0 Å². The molecule has 0 amide bonds. The molecule has 2 rings (SSSR count). The fourth-order valence-corrected chi connectivity index (χ4v) is 2.87. The molecule has 0 radical (unpaired) electrons. The highest BCUT2D eigenvalue weighted by Gasteiger charge is 2.26. The Kier molecular flexibility index (Phi) is 4.03. The van der Waals surface area contributed by atoms with Crippen molar-refractivity contribution < 1.29 is 13.3 Å². The number of sulfonamides is 1. The lowest BCUT2D eigenvalue weighted by Crippen LogP contribution is -2.15. The Morgan fingerprint density at radius 3 is 2.57 bits per heavy atom. The molecule has 21 heavy (non-hydrogen) atoms. The Balaban J connectivity index is 2.47. The molecule has 0 unspecified atom stereocenters. The van der Waals surface area contributed by atoms with E-state index >= 15 is 0 Å². The van der Waals surface area contributed by atoms with Gasteiger partial charge in [0.1, 0.15) is 0 Å². The lowest BCUT2D eigenvalue weighted by atomic mass is 10.3. The van der Waals surface area contributed by atoms with Crippen molar-refractivity contribution in [1.82, 2.24) is 4.98 Å². The van der Waals surface area contributed by atoms with Gasteiger partial charge in [0.15, 0.2) is 4.90 Å². The van der Waals surface area contributed by atoms with E-state index < -0.39 is 25.5 Å². The standard InChI is InChI=1S/C12H12N4O4S/c1-13-9-4-5-12(11(7-9)16(17)18)21(19,20)15-10-3-2-6-14-8-10/h2-8,13,15H,1H3. The van der Waals surface area contributed by atoms with Crippen molar-refractivity contribution >= 4 is 27.1 Å². The minimum atomic E-state index is -4.07. The Morgan fingerprint density at radius 1 is 1.24 bits per heavy atom. The molecule has 2 aromatic rings. The molecule has 9 heteroatoms. The van der Waals surface area contributed by atoms with Gasteiger partial charge in [0.2, 0.25) is 0 Å². The maximum Gasteiger partial charge on any atom is 0.291 e. The molecule has 0 saturated carbocycles. The van der Waals surface area contributed by atoms with Crippen molar-refractivity contribution in [3.8, 4) is 0 Å². The minimum Gasteiger partial charge on any atom is -0.388 e. The molecule has 2 N–H and O–H groups in total. The second-order valence-electron chi connectivity index (χ2n) is 4.04. The van der Waals surface area contributed by atoms with Crippen LogP contribution in [-0.4, -0.2) is 25.4 Å². The molecular formula is C12H12N4O4S. The third kappa shape index (κ3) is 3.26. The molecule has 0 spiro atoms. The summed E-state index contributed by atoms with van der Waals surface area (Å²) in [6.07, 6.45) is 2.80. The SMILES string of the molecule is CNc1ccc(S(=O)(=O)Nc2cccnc2)c([N+](=O)[O-])c1. The van der Waals surface area contributed by atoms with Crippen LogP contribution < -0.4 is 10.0 Å². The van der Waals surface area contributed by atoms with Crippen molar-refractivity contribution in [2.75, 3.05) is 17.1 Å². The first-order valence-corrected chi connectivity index (χ1v) is 7.31. The van der Waals surface area contributed by atoms with E-state index in [1.54, 1.807) is 13.1 Å². The number of rotatable bonds is 5. The van der Waals surface area contributed by atoms with Crippen molar-refractivity contribution in [2.24, 2.45) is 0 Å². The minimum absolute atomic E-state index is 0.226. The zero-order chi connectivity index (χ0) is 15.5. The molecule has 1 aromatic carbocycles. The van der Waals surface area contributed by atoms with E-state index in [1.807, 2.05) is 0 Å². The van der Waals surface area contributed by atoms with Crippen LogP contribution in [0.3, 0.4) is 0 Å². The summed E-state index contributed by atoms with van der Waals surface area (Å²) in [5.74, 6) is 0. The van der Waals surface area contributed by atoms with Gasteiger partial charge in [-0.15, -0.1) is 0 Å². The normalized spacial score (nSPS) is 10.9. The molecule has 110 valence electrons. The zero-order valence-electron chi connectivity index (χ0n) is 11.0. The van der Waals surface area contributed by atoms with E-state index in [-0.39, 0.29) is 5.69 Å². The predicted molar refractivity (Wildman–Crippen MR) is 77.7 cm³/mol. The maximum absolute atomic E-state index is 12.3. The highest BCUT2D eigenvalue weighted by molar-refractivity contribution is 7.92. The van der Waals surface area contributed by atoms with E-state index in [0.29, 0.717) is 5.69 Å².